The molecule has 1 aromatic rings. The third-order valence-corrected chi connectivity index (χ3v) is 5.56. The Morgan fingerprint density at radius 1 is 1.18 bits per heavy atom. The number of hydrogen-bond donors (Lipinski definition) is 1. The third-order valence-electron chi connectivity index (χ3n) is 2.80. The van der Waals surface area contributed by atoms with Crippen molar-refractivity contribution in [1.29, 1.82) is 0 Å². The van der Waals surface area contributed by atoms with Gasteiger partial charge in [0, 0.05) is 27.6 Å². The maximum Gasteiger partial charge on any atom is 0.0300 e. The van der Waals surface area contributed by atoms with Crippen LogP contribution < -0.4 is 5.32 Å². The summed E-state index contributed by atoms with van der Waals surface area (Å²) < 4.78 is 0.324. The van der Waals surface area contributed by atoms with Crippen molar-refractivity contribution in [3.8, 4) is 0 Å². The first-order valence-corrected chi connectivity index (χ1v) is 8.14. The van der Waals surface area contributed by atoms with Gasteiger partial charge >= 0.3 is 0 Å². The summed E-state index contributed by atoms with van der Waals surface area (Å²) in [5.74, 6) is 0. The third kappa shape index (κ3) is 5.02. The Bertz CT molecular complexity index is 347. The minimum Gasteiger partial charge on any atom is -0.310 e. The summed E-state index contributed by atoms with van der Waals surface area (Å²) in [6.07, 6.45) is 2.17. The van der Waals surface area contributed by atoms with Gasteiger partial charge in [-0.05, 0) is 37.7 Å². The molecule has 0 bridgehead atoms. The molecule has 0 aliphatic rings. The lowest BCUT2D eigenvalue weighted by Crippen LogP contribution is -2.31. The van der Waals surface area contributed by atoms with Crippen LogP contribution in [0.2, 0.25) is 0 Å². The van der Waals surface area contributed by atoms with E-state index in [0.29, 0.717) is 4.75 Å². The lowest BCUT2D eigenvalue weighted by Gasteiger charge is -2.22. The van der Waals surface area contributed by atoms with Crippen LogP contribution in [0.1, 0.15) is 44.4 Å². The van der Waals surface area contributed by atoms with Gasteiger partial charge in [0.2, 0.25) is 0 Å². The molecule has 1 heterocycles. The predicted molar refractivity (Wildman–Crippen MR) is 82.3 cm³/mol. The van der Waals surface area contributed by atoms with E-state index in [4.69, 9.17) is 0 Å². The Morgan fingerprint density at radius 2 is 1.82 bits per heavy atom. The van der Waals surface area contributed by atoms with E-state index >= 15 is 0 Å². The highest BCUT2D eigenvalue weighted by Gasteiger charge is 2.17. The van der Waals surface area contributed by atoms with E-state index in [0.717, 1.165) is 13.1 Å². The van der Waals surface area contributed by atoms with Crippen LogP contribution in [0.15, 0.2) is 12.1 Å². The summed E-state index contributed by atoms with van der Waals surface area (Å²) in [7, 11) is 0. The van der Waals surface area contributed by atoms with Gasteiger partial charge in [0.25, 0.3) is 0 Å². The molecule has 0 aliphatic heterocycles. The molecule has 1 nitrogen and oxygen atoms in total. The van der Waals surface area contributed by atoms with Gasteiger partial charge in [0.05, 0.1) is 0 Å². The van der Waals surface area contributed by atoms with Crippen molar-refractivity contribution < 1.29 is 0 Å². The molecule has 0 spiro atoms. The second-order valence-corrected chi connectivity index (χ2v) is 8.77. The van der Waals surface area contributed by atoms with Crippen molar-refractivity contribution in [3.63, 3.8) is 0 Å². The quantitative estimate of drug-likeness (QED) is 0.858. The zero-order valence-corrected chi connectivity index (χ0v) is 13.5. The van der Waals surface area contributed by atoms with Crippen molar-refractivity contribution in [3.05, 3.63) is 21.9 Å². The fourth-order valence-corrected chi connectivity index (χ4v) is 2.72. The van der Waals surface area contributed by atoms with E-state index < -0.39 is 0 Å². The van der Waals surface area contributed by atoms with Crippen LogP contribution in [-0.2, 0) is 12.0 Å². The summed E-state index contributed by atoms with van der Waals surface area (Å²) >= 11 is 3.84. The first-order valence-electron chi connectivity index (χ1n) is 6.10. The van der Waals surface area contributed by atoms with Crippen molar-refractivity contribution in [2.45, 2.75) is 51.3 Å². The largest absolute Gasteiger partial charge is 0.310 e. The molecule has 0 amide bonds. The monoisotopic (exact) mass is 271 g/mol. The molecule has 17 heavy (non-hydrogen) atoms. The molecule has 0 saturated carbocycles. The Morgan fingerprint density at radius 3 is 2.29 bits per heavy atom. The average molecular weight is 271 g/mol. The van der Waals surface area contributed by atoms with Crippen molar-refractivity contribution in [1.82, 2.24) is 5.32 Å². The van der Waals surface area contributed by atoms with Crippen LogP contribution in [0.3, 0.4) is 0 Å². The van der Waals surface area contributed by atoms with Crippen LogP contribution in [0.25, 0.3) is 0 Å². The van der Waals surface area contributed by atoms with Crippen molar-refractivity contribution in [2.75, 3.05) is 12.8 Å². The number of thiophene rings is 1. The SMILES string of the molecule is CSC(C)(C)CNCc1ccc(C(C)(C)C)s1. The van der Waals surface area contributed by atoms with Gasteiger partial charge < -0.3 is 5.32 Å². The van der Waals surface area contributed by atoms with E-state index in [1.807, 2.05) is 23.1 Å². The fraction of sp³-hybridized carbons (Fsp3) is 0.714. The summed E-state index contributed by atoms with van der Waals surface area (Å²) in [6.45, 7) is 13.4. The molecule has 0 saturated heterocycles. The maximum absolute atomic E-state index is 3.55. The van der Waals surface area contributed by atoms with E-state index in [-0.39, 0.29) is 5.41 Å². The van der Waals surface area contributed by atoms with Gasteiger partial charge in [-0.2, -0.15) is 11.8 Å². The topological polar surface area (TPSA) is 12.0 Å². The predicted octanol–water partition coefficient (Wildman–Crippen LogP) is 4.28. The number of thioether (sulfide) groups is 1. The zero-order valence-electron chi connectivity index (χ0n) is 11.9. The van der Waals surface area contributed by atoms with Gasteiger partial charge in [0.15, 0.2) is 0 Å². The Labute approximate surface area is 114 Å². The molecule has 1 N–H and O–H groups in total. The van der Waals surface area contributed by atoms with E-state index in [1.54, 1.807) is 0 Å². The summed E-state index contributed by atoms with van der Waals surface area (Å²) in [6, 6.07) is 4.52. The van der Waals surface area contributed by atoms with Gasteiger partial charge in [0.1, 0.15) is 0 Å². The second kappa shape index (κ2) is 5.77. The molecule has 0 aromatic carbocycles. The molecule has 0 fully saturated rings. The van der Waals surface area contributed by atoms with Gasteiger partial charge in [-0.1, -0.05) is 20.8 Å². The van der Waals surface area contributed by atoms with Gasteiger partial charge in [-0.3, -0.25) is 0 Å². The molecule has 0 atom stereocenters. The number of rotatable bonds is 5. The molecular weight excluding hydrogens is 246 g/mol. The normalized spacial score (nSPS) is 13.1. The van der Waals surface area contributed by atoms with Crippen molar-refractivity contribution in [2.24, 2.45) is 0 Å². The molecule has 0 radical (unpaired) electrons. The minimum atomic E-state index is 0.279. The summed E-state index contributed by atoms with van der Waals surface area (Å²) in [5, 5.41) is 3.55. The molecule has 0 unspecified atom stereocenters. The zero-order chi connectivity index (χ0) is 13.1. The fourth-order valence-electron chi connectivity index (χ4n) is 1.43. The molecule has 3 heteroatoms. The second-order valence-electron chi connectivity index (χ2n) is 6.08. The first kappa shape index (κ1) is 15.1. The van der Waals surface area contributed by atoms with E-state index in [1.165, 1.54) is 9.75 Å². The lowest BCUT2D eigenvalue weighted by atomic mass is 9.95. The van der Waals surface area contributed by atoms with Gasteiger partial charge in [-0.25, -0.2) is 0 Å². The standard InChI is InChI=1S/C14H25NS2/c1-13(2,3)12-8-7-11(17-12)9-15-10-14(4,5)16-6/h7-8,15H,9-10H2,1-6H3. The number of hydrogen-bond acceptors (Lipinski definition) is 3. The van der Waals surface area contributed by atoms with E-state index in [2.05, 4.69) is 58.3 Å². The molecule has 98 valence electrons. The van der Waals surface area contributed by atoms with E-state index in [9.17, 15) is 0 Å². The molecular formula is C14H25NS2. The maximum atomic E-state index is 3.55. The highest BCUT2D eigenvalue weighted by molar-refractivity contribution is 7.99. The molecule has 0 aliphatic carbocycles. The summed E-state index contributed by atoms with van der Waals surface area (Å²) in [5.41, 5.74) is 0.279. The lowest BCUT2D eigenvalue weighted by molar-refractivity contribution is 0.594. The first-order chi connectivity index (χ1) is 7.74. The smallest absolute Gasteiger partial charge is 0.0300 e. The summed E-state index contributed by atoms with van der Waals surface area (Å²) in [4.78, 5) is 2.91. The Kier molecular flexibility index (Phi) is 5.11. The van der Waals surface area contributed by atoms with Gasteiger partial charge in [-0.15, -0.1) is 11.3 Å². The Balaban J connectivity index is 2.46. The minimum absolute atomic E-state index is 0.279. The average Bonchev–Trinajstić information content (AvgIpc) is 2.66. The van der Waals surface area contributed by atoms with Crippen LogP contribution in [0.5, 0.6) is 0 Å². The van der Waals surface area contributed by atoms with Crippen LogP contribution in [0, 0.1) is 0 Å². The number of nitrogens with one attached hydrogen (secondary N) is 1. The van der Waals surface area contributed by atoms with Crippen LogP contribution >= 0.6 is 23.1 Å². The Hall–Kier alpha value is 0.01000. The highest BCUT2D eigenvalue weighted by Crippen LogP contribution is 2.29. The molecule has 1 aromatic heterocycles. The highest BCUT2D eigenvalue weighted by atomic mass is 32.2. The van der Waals surface area contributed by atoms with Crippen LogP contribution in [0.4, 0.5) is 0 Å². The van der Waals surface area contributed by atoms with Crippen LogP contribution in [-0.4, -0.2) is 17.5 Å². The molecule has 1 rings (SSSR count). The van der Waals surface area contributed by atoms with Crippen molar-refractivity contribution >= 4 is 23.1 Å².